The number of quaternary nitrogens is 1. The number of hydrogen-bond acceptors (Lipinski definition) is 2. The topological polar surface area (TPSA) is 45.9 Å². The predicted molar refractivity (Wildman–Crippen MR) is 85.8 cm³/mol. The Labute approximate surface area is 139 Å². The third-order valence-corrected chi connectivity index (χ3v) is 4.11. The Hall–Kier alpha value is -1.89. The number of carbonyl (C=O) groups is 1. The number of nitrogens with zero attached hydrogens (tertiary/aromatic N) is 1. The van der Waals surface area contributed by atoms with Crippen molar-refractivity contribution in [1.82, 2.24) is 5.43 Å². The van der Waals surface area contributed by atoms with Crippen LogP contribution in [0.4, 0.5) is 13.2 Å². The van der Waals surface area contributed by atoms with Crippen LogP contribution in [-0.4, -0.2) is 31.8 Å². The minimum atomic E-state index is -4.35. The molecule has 0 atom stereocenters. The standard InChI is InChI=1S/C17H22F3N3O/c18-17(19,20)15-8-6-14(7-9-15)12-21-22-16(24)13-23-10-4-2-1-3-5-11-23/h6-9,12H,1-5,10-11,13H2,(H,22,24)/p+1/b21-12-. The first kappa shape index (κ1) is 18.4. The molecule has 0 bridgehead atoms. The van der Waals surface area contributed by atoms with Crippen LogP contribution in [0.3, 0.4) is 0 Å². The molecule has 0 spiro atoms. The second-order valence-corrected chi connectivity index (χ2v) is 6.11. The van der Waals surface area contributed by atoms with Crippen molar-refractivity contribution in [2.24, 2.45) is 5.10 Å². The molecule has 1 saturated heterocycles. The van der Waals surface area contributed by atoms with Gasteiger partial charge in [-0.2, -0.15) is 18.3 Å². The molecule has 24 heavy (non-hydrogen) atoms. The van der Waals surface area contributed by atoms with Gasteiger partial charge in [0.1, 0.15) is 0 Å². The number of hydrazone groups is 1. The summed E-state index contributed by atoms with van der Waals surface area (Å²) in [5.41, 5.74) is 2.24. The van der Waals surface area contributed by atoms with E-state index in [1.165, 1.54) is 42.5 Å². The normalized spacial score (nSPS) is 17.5. The van der Waals surface area contributed by atoms with Gasteiger partial charge in [0, 0.05) is 0 Å². The molecule has 1 aliphatic heterocycles. The quantitative estimate of drug-likeness (QED) is 0.638. The van der Waals surface area contributed by atoms with Gasteiger partial charge in [0.2, 0.25) is 0 Å². The minimum Gasteiger partial charge on any atom is -0.327 e. The third kappa shape index (κ3) is 6.31. The van der Waals surface area contributed by atoms with E-state index in [0.29, 0.717) is 12.1 Å². The van der Waals surface area contributed by atoms with E-state index in [2.05, 4.69) is 10.5 Å². The van der Waals surface area contributed by atoms with Crippen molar-refractivity contribution in [2.45, 2.75) is 38.3 Å². The van der Waals surface area contributed by atoms with Crippen LogP contribution in [0, 0.1) is 0 Å². The highest BCUT2D eigenvalue weighted by atomic mass is 19.4. The van der Waals surface area contributed by atoms with Crippen molar-refractivity contribution in [1.29, 1.82) is 0 Å². The fraction of sp³-hybridized carbons (Fsp3) is 0.529. The van der Waals surface area contributed by atoms with Crippen LogP contribution in [0.2, 0.25) is 0 Å². The molecular weight excluding hydrogens is 319 g/mol. The van der Waals surface area contributed by atoms with Gasteiger partial charge in [-0.05, 0) is 43.4 Å². The second kappa shape index (κ2) is 8.82. The highest BCUT2D eigenvalue weighted by Crippen LogP contribution is 2.28. The monoisotopic (exact) mass is 342 g/mol. The zero-order valence-electron chi connectivity index (χ0n) is 13.5. The predicted octanol–water partition coefficient (Wildman–Crippen LogP) is 2.00. The van der Waals surface area contributed by atoms with E-state index >= 15 is 0 Å². The number of nitrogens with one attached hydrogen (secondary N) is 2. The Kier molecular flexibility index (Phi) is 6.78. The van der Waals surface area contributed by atoms with Crippen LogP contribution < -0.4 is 10.3 Å². The molecular formula is C17H23F3N3O+. The fourth-order valence-electron chi connectivity index (χ4n) is 2.79. The second-order valence-electron chi connectivity index (χ2n) is 6.11. The Bertz CT molecular complexity index is 547. The average Bonchev–Trinajstić information content (AvgIpc) is 2.49. The lowest BCUT2D eigenvalue weighted by Gasteiger charge is -2.20. The Morgan fingerprint density at radius 1 is 1.08 bits per heavy atom. The first-order chi connectivity index (χ1) is 11.4. The molecule has 2 N–H and O–H groups in total. The largest absolute Gasteiger partial charge is 0.416 e. The molecule has 1 aromatic rings. The first-order valence-electron chi connectivity index (χ1n) is 8.28. The van der Waals surface area contributed by atoms with Crippen molar-refractivity contribution < 1.29 is 22.9 Å². The molecule has 1 heterocycles. The fourth-order valence-corrected chi connectivity index (χ4v) is 2.79. The van der Waals surface area contributed by atoms with E-state index in [4.69, 9.17) is 0 Å². The summed E-state index contributed by atoms with van der Waals surface area (Å²) >= 11 is 0. The maximum atomic E-state index is 12.5. The smallest absolute Gasteiger partial charge is 0.327 e. The van der Waals surface area contributed by atoms with Crippen molar-refractivity contribution in [3.05, 3.63) is 35.4 Å². The third-order valence-electron chi connectivity index (χ3n) is 4.11. The van der Waals surface area contributed by atoms with Gasteiger partial charge in [0.25, 0.3) is 5.91 Å². The van der Waals surface area contributed by atoms with Gasteiger partial charge in [-0.15, -0.1) is 0 Å². The molecule has 132 valence electrons. The number of alkyl halides is 3. The maximum absolute atomic E-state index is 12.5. The van der Waals surface area contributed by atoms with Crippen molar-refractivity contribution in [3.63, 3.8) is 0 Å². The van der Waals surface area contributed by atoms with E-state index in [1.807, 2.05) is 0 Å². The molecule has 1 amide bonds. The molecule has 1 fully saturated rings. The molecule has 1 aromatic carbocycles. The van der Waals surface area contributed by atoms with Crippen LogP contribution in [0.1, 0.15) is 43.2 Å². The summed E-state index contributed by atoms with van der Waals surface area (Å²) in [5, 5.41) is 3.82. The number of halogens is 3. The maximum Gasteiger partial charge on any atom is 0.416 e. The summed E-state index contributed by atoms with van der Waals surface area (Å²) in [6.07, 6.45) is 2.99. The lowest BCUT2D eigenvalue weighted by Crippen LogP contribution is -3.13. The van der Waals surface area contributed by atoms with E-state index in [-0.39, 0.29) is 5.91 Å². The highest BCUT2D eigenvalue weighted by Gasteiger charge is 2.29. The zero-order chi connectivity index (χ0) is 17.4. The molecule has 0 aliphatic carbocycles. The summed E-state index contributed by atoms with van der Waals surface area (Å²) in [5.74, 6) is -0.172. The summed E-state index contributed by atoms with van der Waals surface area (Å²) in [7, 11) is 0. The van der Waals surface area contributed by atoms with Gasteiger partial charge >= 0.3 is 6.18 Å². The number of amides is 1. The Morgan fingerprint density at radius 2 is 1.67 bits per heavy atom. The molecule has 0 radical (unpaired) electrons. The average molecular weight is 342 g/mol. The molecule has 1 aliphatic rings. The van der Waals surface area contributed by atoms with Gasteiger partial charge in [-0.25, -0.2) is 5.43 Å². The Morgan fingerprint density at radius 3 is 2.25 bits per heavy atom. The van der Waals surface area contributed by atoms with Crippen molar-refractivity contribution in [3.8, 4) is 0 Å². The van der Waals surface area contributed by atoms with Crippen molar-refractivity contribution >= 4 is 12.1 Å². The van der Waals surface area contributed by atoms with Crippen LogP contribution >= 0.6 is 0 Å². The van der Waals surface area contributed by atoms with Gasteiger partial charge in [0.05, 0.1) is 24.9 Å². The summed E-state index contributed by atoms with van der Waals surface area (Å²) in [6, 6.07) is 4.63. The number of hydrogen-bond donors (Lipinski definition) is 2. The number of benzene rings is 1. The molecule has 0 saturated carbocycles. The molecule has 2 rings (SSSR count). The summed E-state index contributed by atoms with van der Waals surface area (Å²) in [4.78, 5) is 13.2. The van der Waals surface area contributed by atoms with Gasteiger partial charge in [-0.1, -0.05) is 18.6 Å². The number of likely N-dealkylation sites (tertiary alicyclic amines) is 1. The van der Waals surface area contributed by atoms with Gasteiger partial charge < -0.3 is 4.90 Å². The lowest BCUT2D eigenvalue weighted by atomic mass is 10.1. The van der Waals surface area contributed by atoms with E-state index in [0.717, 1.165) is 38.1 Å². The number of rotatable bonds is 4. The zero-order valence-corrected chi connectivity index (χ0v) is 13.5. The lowest BCUT2D eigenvalue weighted by molar-refractivity contribution is -0.893. The van der Waals surface area contributed by atoms with Gasteiger partial charge in [-0.3, -0.25) is 4.79 Å². The first-order valence-corrected chi connectivity index (χ1v) is 8.28. The molecule has 0 unspecified atom stereocenters. The highest BCUT2D eigenvalue weighted by molar-refractivity contribution is 5.82. The van der Waals surface area contributed by atoms with Crippen molar-refractivity contribution in [2.75, 3.05) is 19.6 Å². The van der Waals surface area contributed by atoms with Crippen LogP contribution in [0.15, 0.2) is 29.4 Å². The van der Waals surface area contributed by atoms with Crippen LogP contribution in [-0.2, 0) is 11.0 Å². The molecule has 0 aromatic heterocycles. The summed E-state index contributed by atoms with van der Waals surface area (Å²) in [6.45, 7) is 2.37. The van der Waals surface area contributed by atoms with Crippen LogP contribution in [0.25, 0.3) is 0 Å². The molecule has 7 heteroatoms. The van der Waals surface area contributed by atoms with Crippen LogP contribution in [0.5, 0.6) is 0 Å². The SMILES string of the molecule is O=C(C[NH+]1CCCCCCC1)N/N=C\c1ccc(C(F)(F)F)cc1. The van der Waals surface area contributed by atoms with E-state index in [1.54, 1.807) is 0 Å². The van der Waals surface area contributed by atoms with E-state index in [9.17, 15) is 18.0 Å². The van der Waals surface area contributed by atoms with E-state index < -0.39 is 11.7 Å². The summed E-state index contributed by atoms with van der Waals surface area (Å²) < 4.78 is 37.4. The van der Waals surface area contributed by atoms with Gasteiger partial charge in [0.15, 0.2) is 6.54 Å². The minimum absolute atomic E-state index is 0.172. The number of carbonyl (C=O) groups excluding carboxylic acids is 1. The molecule has 4 nitrogen and oxygen atoms in total. The Balaban J connectivity index is 1.79.